The molecule has 3 rings (SSSR count). The van der Waals surface area contributed by atoms with Crippen molar-refractivity contribution in [2.24, 2.45) is 0 Å². The molecular formula is C16H15N3O3S2. The lowest BCUT2D eigenvalue weighted by Gasteiger charge is -2.04. The molecule has 1 aromatic carbocycles. The lowest BCUT2D eigenvalue weighted by Crippen LogP contribution is -2.02. The number of para-hydroxylation sites is 1. The maximum atomic E-state index is 11.6. The van der Waals surface area contributed by atoms with E-state index >= 15 is 0 Å². The molecule has 1 N–H and O–H groups in total. The topological polar surface area (TPSA) is 77.2 Å². The molecule has 8 heteroatoms. The van der Waals surface area contributed by atoms with Crippen molar-refractivity contribution in [2.75, 3.05) is 12.4 Å². The Hall–Kier alpha value is -2.32. The fraction of sp³-hybridized carbons (Fsp3) is 0.188. The van der Waals surface area contributed by atoms with Crippen molar-refractivity contribution in [1.29, 1.82) is 0 Å². The number of nitrogens with zero attached hydrogens (tertiary/aromatic N) is 2. The summed E-state index contributed by atoms with van der Waals surface area (Å²) in [5.74, 6) is 0.308. The van der Waals surface area contributed by atoms with Gasteiger partial charge in [0.25, 0.3) is 0 Å². The van der Waals surface area contributed by atoms with Crippen molar-refractivity contribution in [3.63, 3.8) is 0 Å². The van der Waals surface area contributed by atoms with Crippen molar-refractivity contribution in [2.45, 2.75) is 17.0 Å². The smallest absolute Gasteiger partial charge is 0.374 e. The molecule has 0 aliphatic carbocycles. The quantitative estimate of drug-likeness (QED) is 0.519. The lowest BCUT2D eigenvalue weighted by molar-refractivity contribution is 0.0564. The second-order valence-electron chi connectivity index (χ2n) is 4.87. The van der Waals surface area contributed by atoms with E-state index in [1.807, 2.05) is 31.2 Å². The van der Waals surface area contributed by atoms with Gasteiger partial charge >= 0.3 is 5.97 Å². The van der Waals surface area contributed by atoms with E-state index in [1.54, 1.807) is 6.07 Å². The SMILES string of the molecule is COC(=O)c1occc1CSc1nnc(Nc2ccccc2C)s1. The van der Waals surface area contributed by atoms with E-state index in [1.165, 1.54) is 36.5 Å². The van der Waals surface area contributed by atoms with E-state index in [2.05, 4.69) is 15.5 Å². The minimum atomic E-state index is -0.477. The van der Waals surface area contributed by atoms with Crippen LogP contribution in [0.4, 0.5) is 10.8 Å². The van der Waals surface area contributed by atoms with Gasteiger partial charge in [-0.1, -0.05) is 41.3 Å². The number of aryl methyl sites for hydroxylation is 1. The van der Waals surface area contributed by atoms with Crippen LogP contribution in [0.15, 0.2) is 45.4 Å². The molecule has 0 amide bonds. The first-order valence-electron chi connectivity index (χ1n) is 7.11. The Kier molecular flexibility index (Phi) is 5.17. The summed E-state index contributed by atoms with van der Waals surface area (Å²) in [7, 11) is 1.33. The number of furan rings is 1. The van der Waals surface area contributed by atoms with Crippen LogP contribution in [0.5, 0.6) is 0 Å². The van der Waals surface area contributed by atoms with Crippen LogP contribution in [0.25, 0.3) is 0 Å². The van der Waals surface area contributed by atoms with Gasteiger partial charge in [-0.2, -0.15) is 0 Å². The zero-order valence-electron chi connectivity index (χ0n) is 13.1. The van der Waals surface area contributed by atoms with Gasteiger partial charge in [0.1, 0.15) is 0 Å². The minimum Gasteiger partial charge on any atom is -0.463 e. The molecule has 0 unspecified atom stereocenters. The van der Waals surface area contributed by atoms with E-state index in [9.17, 15) is 4.79 Å². The number of methoxy groups -OCH3 is 1. The van der Waals surface area contributed by atoms with Crippen LogP contribution in [0, 0.1) is 6.92 Å². The van der Waals surface area contributed by atoms with Crippen LogP contribution in [0.1, 0.15) is 21.7 Å². The number of rotatable bonds is 6. The Bertz CT molecular complexity index is 844. The fourth-order valence-corrected chi connectivity index (χ4v) is 3.75. The summed E-state index contributed by atoms with van der Waals surface area (Å²) in [5.41, 5.74) is 2.92. The molecule has 0 spiro atoms. The largest absolute Gasteiger partial charge is 0.463 e. The Morgan fingerprint density at radius 3 is 2.96 bits per heavy atom. The summed E-state index contributed by atoms with van der Waals surface area (Å²) in [6.45, 7) is 2.03. The van der Waals surface area contributed by atoms with Crippen molar-refractivity contribution >= 4 is 39.9 Å². The van der Waals surface area contributed by atoms with Gasteiger partial charge in [0, 0.05) is 17.0 Å². The number of thioether (sulfide) groups is 1. The molecule has 0 saturated carbocycles. The average molecular weight is 361 g/mol. The Morgan fingerprint density at radius 1 is 1.33 bits per heavy atom. The highest BCUT2D eigenvalue weighted by Gasteiger charge is 2.16. The van der Waals surface area contributed by atoms with Gasteiger partial charge in [-0.15, -0.1) is 10.2 Å². The number of hydrogen-bond donors (Lipinski definition) is 1. The van der Waals surface area contributed by atoms with Crippen LogP contribution in [0.2, 0.25) is 0 Å². The number of carbonyl (C=O) groups excluding carboxylic acids is 1. The lowest BCUT2D eigenvalue weighted by atomic mass is 10.2. The molecule has 6 nitrogen and oxygen atoms in total. The predicted octanol–water partition coefficient (Wildman–Crippen LogP) is 4.26. The molecular weight excluding hydrogens is 346 g/mol. The molecule has 0 radical (unpaired) electrons. The summed E-state index contributed by atoms with van der Waals surface area (Å²) >= 11 is 2.95. The third kappa shape index (κ3) is 3.77. The highest BCUT2D eigenvalue weighted by atomic mass is 32.2. The maximum absolute atomic E-state index is 11.6. The van der Waals surface area contributed by atoms with E-state index in [0.717, 1.165) is 26.3 Å². The number of hydrogen-bond acceptors (Lipinski definition) is 8. The molecule has 0 aliphatic rings. The van der Waals surface area contributed by atoms with E-state index in [4.69, 9.17) is 9.15 Å². The van der Waals surface area contributed by atoms with Crippen molar-refractivity contribution in [3.05, 3.63) is 53.5 Å². The standard InChI is InChI=1S/C16H15N3O3S2/c1-10-5-3-4-6-12(10)17-15-18-19-16(24-15)23-9-11-7-8-22-13(11)14(20)21-2/h3-8H,9H2,1-2H3,(H,17,18). The van der Waals surface area contributed by atoms with Crippen LogP contribution < -0.4 is 5.32 Å². The number of benzene rings is 1. The number of carbonyl (C=O) groups is 1. The van der Waals surface area contributed by atoms with E-state index < -0.39 is 5.97 Å². The second kappa shape index (κ2) is 7.50. The highest BCUT2D eigenvalue weighted by Crippen LogP contribution is 2.31. The van der Waals surface area contributed by atoms with E-state index in [0.29, 0.717) is 5.75 Å². The number of aromatic nitrogens is 2. The molecule has 0 saturated heterocycles. The second-order valence-corrected chi connectivity index (χ2v) is 7.07. The van der Waals surface area contributed by atoms with Gasteiger partial charge in [0.05, 0.1) is 13.4 Å². The highest BCUT2D eigenvalue weighted by molar-refractivity contribution is 8.00. The number of anilines is 2. The van der Waals surface area contributed by atoms with Crippen LogP contribution in [0.3, 0.4) is 0 Å². The van der Waals surface area contributed by atoms with Gasteiger partial charge in [0.15, 0.2) is 4.34 Å². The van der Waals surface area contributed by atoms with Gasteiger partial charge in [-0.25, -0.2) is 4.79 Å². The van der Waals surface area contributed by atoms with Gasteiger partial charge in [-0.05, 0) is 24.6 Å². The Morgan fingerprint density at radius 2 is 2.17 bits per heavy atom. The third-order valence-corrected chi connectivity index (χ3v) is 5.28. The predicted molar refractivity (Wildman–Crippen MR) is 94.0 cm³/mol. The summed E-state index contributed by atoms with van der Waals surface area (Å²) in [5, 5.41) is 12.3. The first-order chi connectivity index (χ1) is 11.7. The van der Waals surface area contributed by atoms with Crippen LogP contribution in [-0.4, -0.2) is 23.3 Å². The molecule has 0 atom stereocenters. The number of nitrogens with one attached hydrogen (secondary N) is 1. The van der Waals surface area contributed by atoms with Gasteiger partial charge in [0.2, 0.25) is 10.9 Å². The van der Waals surface area contributed by atoms with E-state index in [-0.39, 0.29) is 5.76 Å². The molecule has 0 aliphatic heterocycles. The van der Waals surface area contributed by atoms with Gasteiger partial charge in [-0.3, -0.25) is 0 Å². The first-order valence-corrected chi connectivity index (χ1v) is 8.91. The monoisotopic (exact) mass is 361 g/mol. The summed E-state index contributed by atoms with van der Waals surface area (Å²) < 4.78 is 10.7. The Labute approximate surface area is 147 Å². The summed E-state index contributed by atoms with van der Waals surface area (Å²) in [6, 6.07) is 9.75. The normalized spacial score (nSPS) is 10.6. The van der Waals surface area contributed by atoms with Crippen LogP contribution >= 0.6 is 23.1 Å². The number of esters is 1. The molecule has 124 valence electrons. The van der Waals surface area contributed by atoms with Crippen LogP contribution in [-0.2, 0) is 10.5 Å². The molecule has 2 aromatic heterocycles. The van der Waals surface area contributed by atoms with Crippen molar-refractivity contribution in [1.82, 2.24) is 10.2 Å². The third-order valence-electron chi connectivity index (χ3n) is 3.26. The van der Waals surface area contributed by atoms with Gasteiger partial charge < -0.3 is 14.5 Å². The molecule has 0 fully saturated rings. The molecule has 24 heavy (non-hydrogen) atoms. The summed E-state index contributed by atoms with van der Waals surface area (Å²) in [4.78, 5) is 11.6. The molecule has 3 aromatic rings. The number of ether oxygens (including phenoxy) is 1. The molecule has 2 heterocycles. The average Bonchev–Trinajstić information content (AvgIpc) is 3.23. The maximum Gasteiger partial charge on any atom is 0.374 e. The van der Waals surface area contributed by atoms with Crippen molar-refractivity contribution < 1.29 is 13.9 Å². The fourth-order valence-electron chi connectivity index (χ4n) is 2.01. The first kappa shape index (κ1) is 16.5. The zero-order chi connectivity index (χ0) is 16.9. The zero-order valence-corrected chi connectivity index (χ0v) is 14.7. The Balaban J connectivity index is 1.64. The minimum absolute atomic E-state index is 0.229. The van der Waals surface area contributed by atoms with Crippen molar-refractivity contribution in [3.8, 4) is 0 Å². The molecule has 0 bridgehead atoms. The summed E-state index contributed by atoms with van der Waals surface area (Å²) in [6.07, 6.45) is 1.48.